The topological polar surface area (TPSA) is 111 Å². The minimum absolute atomic E-state index is 0.0350. The Balaban J connectivity index is 1.75. The van der Waals surface area contributed by atoms with E-state index in [1.165, 1.54) is 19.3 Å². The molecule has 1 saturated heterocycles. The van der Waals surface area contributed by atoms with Crippen molar-refractivity contribution in [2.75, 3.05) is 18.4 Å². The van der Waals surface area contributed by atoms with Crippen molar-refractivity contribution >= 4 is 17.6 Å². The number of rotatable bonds is 4. The number of H-pyrrole nitrogens is 1. The third kappa shape index (κ3) is 4.72. The molecule has 1 aliphatic carbocycles. The number of hydrogen-bond acceptors (Lipinski definition) is 6. The molecule has 154 valence electrons. The van der Waals surface area contributed by atoms with Gasteiger partial charge in [0.15, 0.2) is 0 Å². The van der Waals surface area contributed by atoms with Gasteiger partial charge in [-0.25, -0.2) is 9.78 Å². The molecule has 3 N–H and O–H groups in total. The van der Waals surface area contributed by atoms with Gasteiger partial charge < -0.3 is 25.3 Å². The molecule has 2 aliphatic rings. The molecule has 2 fully saturated rings. The highest BCUT2D eigenvalue weighted by Crippen LogP contribution is 2.28. The van der Waals surface area contributed by atoms with Crippen molar-refractivity contribution in [2.45, 2.75) is 77.4 Å². The van der Waals surface area contributed by atoms with E-state index in [0.717, 1.165) is 12.8 Å². The van der Waals surface area contributed by atoms with Crippen molar-refractivity contribution in [3.05, 3.63) is 21.7 Å². The summed E-state index contributed by atoms with van der Waals surface area (Å²) in [6, 6.07) is 0.286. The summed E-state index contributed by atoms with van der Waals surface area (Å²) in [4.78, 5) is 33.8. The summed E-state index contributed by atoms with van der Waals surface area (Å²) in [5, 5.41) is 11.4. The molecule has 28 heavy (non-hydrogen) atoms. The van der Waals surface area contributed by atoms with Crippen LogP contribution in [0.3, 0.4) is 0 Å². The number of carbonyl (C=O) groups is 1. The van der Waals surface area contributed by atoms with Gasteiger partial charge in [-0.1, -0.05) is 19.3 Å². The van der Waals surface area contributed by atoms with E-state index in [1.807, 2.05) is 20.8 Å². The summed E-state index contributed by atoms with van der Waals surface area (Å²) in [6.07, 6.45) is 5.33. The Labute approximate surface area is 165 Å². The van der Waals surface area contributed by atoms with Gasteiger partial charge in [-0.2, -0.15) is 0 Å². The third-order valence-corrected chi connectivity index (χ3v) is 5.18. The van der Waals surface area contributed by atoms with Crippen LogP contribution in [-0.2, 0) is 4.74 Å². The summed E-state index contributed by atoms with van der Waals surface area (Å²) >= 11 is 0. The maximum atomic E-state index is 12.6. The minimum Gasteiger partial charge on any atom is -0.444 e. The molecule has 1 saturated carbocycles. The molecule has 0 radical (unpaired) electrons. The zero-order valence-electron chi connectivity index (χ0n) is 17.2. The number of aromatic amines is 1. The number of aromatic nitrogens is 2. The van der Waals surface area contributed by atoms with Crippen LogP contribution in [0.1, 0.15) is 77.1 Å². The first-order valence-corrected chi connectivity index (χ1v) is 10.1. The third-order valence-electron chi connectivity index (χ3n) is 5.18. The summed E-state index contributed by atoms with van der Waals surface area (Å²) in [7, 11) is 0. The van der Waals surface area contributed by atoms with Gasteiger partial charge in [0, 0.05) is 24.8 Å². The smallest absolute Gasteiger partial charge is 0.410 e. The molecular formula is C20H31N5O3. The SMILES string of the molecule is CC(=N)c1c(NC2CCCCC2)nc(C2CN(C(=O)OC(C)(C)C)C2)[nH]c1=O. The number of hydrogen-bond donors (Lipinski definition) is 3. The molecule has 3 rings (SSSR count). The molecule has 8 nitrogen and oxygen atoms in total. The predicted molar refractivity (Wildman–Crippen MR) is 108 cm³/mol. The van der Waals surface area contributed by atoms with Crippen LogP contribution in [0.15, 0.2) is 4.79 Å². The van der Waals surface area contributed by atoms with Crippen LogP contribution in [0.2, 0.25) is 0 Å². The van der Waals surface area contributed by atoms with E-state index in [-0.39, 0.29) is 29.3 Å². The Morgan fingerprint density at radius 2 is 1.89 bits per heavy atom. The number of likely N-dealkylation sites (tertiary alicyclic amines) is 1. The van der Waals surface area contributed by atoms with Crippen LogP contribution in [-0.4, -0.2) is 51.4 Å². The van der Waals surface area contributed by atoms with E-state index in [9.17, 15) is 9.59 Å². The predicted octanol–water partition coefficient (Wildman–Crippen LogP) is 3.24. The lowest BCUT2D eigenvalue weighted by Crippen LogP contribution is -2.51. The second-order valence-electron chi connectivity index (χ2n) is 8.86. The average Bonchev–Trinajstić information content (AvgIpc) is 2.51. The van der Waals surface area contributed by atoms with E-state index in [4.69, 9.17) is 10.1 Å². The minimum atomic E-state index is -0.533. The Kier molecular flexibility index (Phi) is 5.76. The van der Waals surface area contributed by atoms with E-state index in [2.05, 4.69) is 15.3 Å². The van der Waals surface area contributed by atoms with Crippen molar-refractivity contribution in [3.63, 3.8) is 0 Å². The Hall–Kier alpha value is -2.38. The van der Waals surface area contributed by atoms with Crippen molar-refractivity contribution in [1.82, 2.24) is 14.9 Å². The molecule has 1 aromatic rings. The molecule has 0 spiro atoms. The maximum Gasteiger partial charge on any atom is 0.410 e. The molecule has 1 aromatic heterocycles. The fourth-order valence-corrected chi connectivity index (χ4v) is 3.70. The van der Waals surface area contributed by atoms with Crippen LogP contribution in [0.4, 0.5) is 10.6 Å². The summed E-state index contributed by atoms with van der Waals surface area (Å²) in [6.45, 7) is 8.04. The Morgan fingerprint density at radius 3 is 2.46 bits per heavy atom. The lowest BCUT2D eigenvalue weighted by atomic mass is 9.95. The second kappa shape index (κ2) is 7.93. The zero-order chi connectivity index (χ0) is 20.5. The highest BCUT2D eigenvalue weighted by Gasteiger charge is 2.36. The van der Waals surface area contributed by atoms with Gasteiger partial charge in [-0.3, -0.25) is 4.79 Å². The number of anilines is 1. The lowest BCUT2D eigenvalue weighted by molar-refractivity contribution is 0.00752. The van der Waals surface area contributed by atoms with Crippen LogP contribution in [0.5, 0.6) is 0 Å². The first-order valence-electron chi connectivity index (χ1n) is 10.1. The van der Waals surface area contributed by atoms with Gasteiger partial charge in [0.2, 0.25) is 0 Å². The zero-order valence-corrected chi connectivity index (χ0v) is 17.2. The van der Waals surface area contributed by atoms with E-state index >= 15 is 0 Å². The number of nitrogens with zero attached hydrogens (tertiary/aromatic N) is 2. The molecule has 0 bridgehead atoms. The van der Waals surface area contributed by atoms with Gasteiger partial charge in [-0.15, -0.1) is 0 Å². The van der Waals surface area contributed by atoms with Crippen molar-refractivity contribution in [3.8, 4) is 0 Å². The average molecular weight is 390 g/mol. The molecule has 0 aromatic carbocycles. The first-order chi connectivity index (χ1) is 13.1. The maximum absolute atomic E-state index is 12.6. The summed E-state index contributed by atoms with van der Waals surface area (Å²) in [5.41, 5.74) is -0.332. The molecular weight excluding hydrogens is 358 g/mol. The van der Waals surface area contributed by atoms with Gasteiger partial charge in [-0.05, 0) is 40.5 Å². The normalized spacial score (nSPS) is 18.5. The molecule has 0 unspecified atom stereocenters. The Bertz CT molecular complexity index is 799. The van der Waals surface area contributed by atoms with Crippen LogP contribution in [0.25, 0.3) is 0 Å². The van der Waals surface area contributed by atoms with E-state index < -0.39 is 5.60 Å². The van der Waals surface area contributed by atoms with Crippen LogP contribution < -0.4 is 10.9 Å². The highest BCUT2D eigenvalue weighted by atomic mass is 16.6. The van der Waals surface area contributed by atoms with Crippen LogP contribution in [0, 0.1) is 5.41 Å². The number of amides is 1. The summed E-state index contributed by atoms with van der Waals surface area (Å²) in [5.74, 6) is 1.02. The monoisotopic (exact) mass is 389 g/mol. The van der Waals surface area contributed by atoms with Gasteiger partial charge in [0.25, 0.3) is 5.56 Å². The first kappa shape index (κ1) is 20.4. The number of carbonyl (C=O) groups excluding carboxylic acids is 1. The fourth-order valence-electron chi connectivity index (χ4n) is 3.70. The molecule has 8 heteroatoms. The van der Waals surface area contributed by atoms with Crippen molar-refractivity contribution in [2.24, 2.45) is 0 Å². The lowest BCUT2D eigenvalue weighted by Gasteiger charge is -2.39. The number of ether oxygens (including phenoxy) is 1. The standard InChI is InChI=1S/C20H31N5O3/c1-12(21)15-17(22-14-8-6-5-7-9-14)23-16(24-18(15)26)13-10-25(11-13)19(27)28-20(2,3)4/h13-14,21H,5-11H2,1-4H3,(H2,22,23,24,26). The van der Waals surface area contributed by atoms with Crippen LogP contribution >= 0.6 is 0 Å². The van der Waals surface area contributed by atoms with Gasteiger partial charge in [0.05, 0.1) is 5.92 Å². The fraction of sp³-hybridized carbons (Fsp3) is 0.700. The van der Waals surface area contributed by atoms with E-state index in [1.54, 1.807) is 11.8 Å². The molecule has 1 amide bonds. The second-order valence-corrected chi connectivity index (χ2v) is 8.86. The summed E-state index contributed by atoms with van der Waals surface area (Å²) < 4.78 is 5.38. The van der Waals surface area contributed by atoms with Gasteiger partial charge >= 0.3 is 6.09 Å². The molecule has 0 atom stereocenters. The Morgan fingerprint density at radius 1 is 1.25 bits per heavy atom. The van der Waals surface area contributed by atoms with Crippen molar-refractivity contribution < 1.29 is 9.53 Å². The molecule has 1 aliphatic heterocycles. The molecule has 2 heterocycles. The van der Waals surface area contributed by atoms with E-state index in [0.29, 0.717) is 30.3 Å². The van der Waals surface area contributed by atoms with Crippen molar-refractivity contribution in [1.29, 1.82) is 5.41 Å². The van der Waals surface area contributed by atoms with Gasteiger partial charge in [0.1, 0.15) is 22.8 Å². The largest absolute Gasteiger partial charge is 0.444 e. The highest BCUT2D eigenvalue weighted by molar-refractivity contribution is 6.00. The quantitative estimate of drug-likeness (QED) is 0.685. The number of nitrogens with one attached hydrogen (secondary N) is 3.